The molecule has 0 atom stereocenters. The fourth-order valence-electron chi connectivity index (χ4n) is 1.92. The van der Waals surface area contributed by atoms with E-state index in [1.165, 1.54) is 11.0 Å². The number of anilines is 2. The monoisotopic (exact) mass is 282 g/mol. The van der Waals surface area contributed by atoms with Crippen molar-refractivity contribution in [3.63, 3.8) is 0 Å². The zero-order valence-corrected chi connectivity index (χ0v) is 10.6. The van der Waals surface area contributed by atoms with Crippen LogP contribution in [-0.4, -0.2) is 29.4 Å². The summed E-state index contributed by atoms with van der Waals surface area (Å²) in [5, 5.41) is 11.2. The van der Waals surface area contributed by atoms with Crippen LogP contribution in [0, 0.1) is 0 Å². The van der Waals surface area contributed by atoms with Crippen molar-refractivity contribution in [3.8, 4) is 0 Å². The Bertz CT molecular complexity index is 559. The molecule has 1 heterocycles. The molecule has 2 amide bonds. The average molecular weight is 283 g/mol. The van der Waals surface area contributed by atoms with E-state index < -0.39 is 11.9 Å². The predicted molar refractivity (Wildman–Crippen MR) is 69.3 cm³/mol. The topological polar surface area (TPSA) is 86.7 Å². The molecular formula is C12H11ClN2O4. The number of carbonyl (C=O) groups excluding carboxylic acids is 2. The lowest BCUT2D eigenvalue weighted by Gasteiger charge is -2.19. The van der Waals surface area contributed by atoms with Gasteiger partial charge in [0, 0.05) is 18.0 Å². The second kappa shape index (κ2) is 5.27. The van der Waals surface area contributed by atoms with E-state index in [0.717, 1.165) is 6.42 Å². The molecule has 19 heavy (non-hydrogen) atoms. The van der Waals surface area contributed by atoms with Gasteiger partial charge >= 0.3 is 11.9 Å². The smallest absolute Gasteiger partial charge is 0.394 e. The van der Waals surface area contributed by atoms with Crippen molar-refractivity contribution in [2.45, 2.75) is 12.8 Å². The van der Waals surface area contributed by atoms with Crippen LogP contribution in [0.25, 0.3) is 0 Å². The van der Waals surface area contributed by atoms with Gasteiger partial charge in [0.25, 0.3) is 0 Å². The summed E-state index contributed by atoms with van der Waals surface area (Å²) in [6.07, 6.45) is 1.17. The maximum atomic E-state index is 11.7. The van der Waals surface area contributed by atoms with E-state index in [2.05, 4.69) is 5.32 Å². The van der Waals surface area contributed by atoms with Crippen molar-refractivity contribution < 1.29 is 19.5 Å². The zero-order valence-electron chi connectivity index (χ0n) is 9.85. The van der Waals surface area contributed by atoms with Crippen LogP contribution in [0.3, 0.4) is 0 Å². The average Bonchev–Trinajstić information content (AvgIpc) is 2.75. The van der Waals surface area contributed by atoms with Crippen LogP contribution in [0.2, 0.25) is 5.02 Å². The number of carboxylic acid groups (broad SMARTS) is 1. The molecule has 0 unspecified atom stereocenters. The van der Waals surface area contributed by atoms with Crippen molar-refractivity contribution in [3.05, 3.63) is 23.2 Å². The molecular weight excluding hydrogens is 272 g/mol. The Hall–Kier alpha value is -2.08. The van der Waals surface area contributed by atoms with Crippen LogP contribution in [0.5, 0.6) is 0 Å². The van der Waals surface area contributed by atoms with Crippen molar-refractivity contribution in [1.82, 2.24) is 0 Å². The van der Waals surface area contributed by atoms with Crippen LogP contribution in [-0.2, 0) is 14.4 Å². The summed E-state index contributed by atoms with van der Waals surface area (Å²) in [5.41, 5.74) is 0.677. The number of carbonyl (C=O) groups is 3. The van der Waals surface area contributed by atoms with Gasteiger partial charge in [-0.25, -0.2) is 4.79 Å². The molecule has 0 spiro atoms. The molecule has 0 radical (unpaired) electrons. The molecule has 1 saturated heterocycles. The minimum atomic E-state index is -1.60. The minimum absolute atomic E-state index is 0.0619. The number of nitrogens with one attached hydrogen (secondary N) is 1. The summed E-state index contributed by atoms with van der Waals surface area (Å²) < 4.78 is 0. The van der Waals surface area contributed by atoms with Crippen LogP contribution in [0.1, 0.15) is 12.8 Å². The third kappa shape index (κ3) is 2.85. The minimum Gasteiger partial charge on any atom is -0.474 e. The van der Waals surface area contributed by atoms with Crippen molar-refractivity contribution in [2.75, 3.05) is 16.8 Å². The van der Waals surface area contributed by atoms with E-state index >= 15 is 0 Å². The molecule has 1 aromatic carbocycles. The highest BCUT2D eigenvalue weighted by molar-refractivity contribution is 6.37. The maximum absolute atomic E-state index is 11.7. The number of nitrogens with zero attached hydrogens (tertiary/aromatic N) is 1. The quantitative estimate of drug-likeness (QED) is 0.805. The number of rotatable bonds is 2. The highest BCUT2D eigenvalue weighted by Crippen LogP contribution is 2.32. The lowest BCUT2D eigenvalue weighted by Crippen LogP contribution is -2.27. The standard InChI is InChI=1S/C12H11ClN2O4/c13-7-3-4-9(15-5-1-2-10(15)16)8(6-7)14-11(17)12(18)19/h3-4,6H,1-2,5H2,(H,14,17)(H,18,19). The first kappa shape index (κ1) is 13.4. The van der Waals surface area contributed by atoms with E-state index in [-0.39, 0.29) is 11.6 Å². The summed E-state index contributed by atoms with van der Waals surface area (Å²) in [6, 6.07) is 4.59. The molecule has 1 aliphatic rings. The van der Waals surface area contributed by atoms with E-state index in [9.17, 15) is 14.4 Å². The molecule has 0 bridgehead atoms. The number of hydrogen-bond acceptors (Lipinski definition) is 3. The second-order valence-electron chi connectivity index (χ2n) is 4.07. The molecule has 2 rings (SSSR count). The van der Waals surface area contributed by atoms with Crippen molar-refractivity contribution in [2.24, 2.45) is 0 Å². The van der Waals surface area contributed by atoms with Gasteiger partial charge in [0.15, 0.2) is 0 Å². The first-order chi connectivity index (χ1) is 8.99. The van der Waals surface area contributed by atoms with Crippen LogP contribution < -0.4 is 10.2 Å². The first-order valence-electron chi connectivity index (χ1n) is 5.63. The number of amides is 2. The van der Waals surface area contributed by atoms with Crippen LogP contribution in [0.15, 0.2) is 18.2 Å². The second-order valence-corrected chi connectivity index (χ2v) is 4.51. The zero-order chi connectivity index (χ0) is 14.0. The molecule has 0 saturated carbocycles. The largest absolute Gasteiger partial charge is 0.474 e. The van der Waals surface area contributed by atoms with Gasteiger partial charge in [-0.05, 0) is 24.6 Å². The van der Waals surface area contributed by atoms with E-state index in [1.54, 1.807) is 12.1 Å². The molecule has 1 aromatic rings. The molecule has 100 valence electrons. The number of carboxylic acids is 1. The number of aliphatic carboxylic acids is 1. The highest BCUT2D eigenvalue weighted by Gasteiger charge is 2.25. The van der Waals surface area contributed by atoms with Gasteiger partial charge < -0.3 is 15.3 Å². The lowest BCUT2D eigenvalue weighted by molar-refractivity contribution is -0.147. The fourth-order valence-corrected chi connectivity index (χ4v) is 2.09. The summed E-state index contributed by atoms with van der Waals surface area (Å²) >= 11 is 5.82. The van der Waals surface area contributed by atoms with Gasteiger partial charge in [0.05, 0.1) is 11.4 Å². The Morgan fingerprint density at radius 1 is 1.37 bits per heavy atom. The molecule has 6 nitrogen and oxygen atoms in total. The lowest BCUT2D eigenvalue weighted by atomic mass is 10.2. The Morgan fingerprint density at radius 3 is 2.68 bits per heavy atom. The summed E-state index contributed by atoms with van der Waals surface area (Å²) in [7, 11) is 0. The van der Waals surface area contributed by atoms with Crippen LogP contribution in [0.4, 0.5) is 11.4 Å². The normalized spacial score (nSPS) is 14.6. The molecule has 1 fully saturated rings. The SMILES string of the molecule is O=C(O)C(=O)Nc1cc(Cl)ccc1N1CCCC1=O. The molecule has 2 N–H and O–H groups in total. The third-order valence-corrected chi connectivity index (χ3v) is 3.00. The molecule has 1 aliphatic heterocycles. The van der Waals surface area contributed by atoms with E-state index in [1.807, 2.05) is 0 Å². The van der Waals surface area contributed by atoms with Gasteiger partial charge in [-0.3, -0.25) is 9.59 Å². The number of benzene rings is 1. The Labute approximate surface area is 114 Å². The first-order valence-corrected chi connectivity index (χ1v) is 6.01. The predicted octanol–water partition coefficient (Wildman–Crippen LogP) is 1.49. The highest BCUT2D eigenvalue weighted by atomic mass is 35.5. The fraction of sp³-hybridized carbons (Fsp3) is 0.250. The maximum Gasteiger partial charge on any atom is 0.394 e. The Kier molecular flexibility index (Phi) is 3.71. The summed E-state index contributed by atoms with van der Waals surface area (Å²) in [5.74, 6) is -2.83. The molecule has 0 aliphatic carbocycles. The third-order valence-electron chi connectivity index (χ3n) is 2.77. The summed E-state index contributed by atoms with van der Waals surface area (Å²) in [6.45, 7) is 0.538. The Balaban J connectivity index is 2.35. The Morgan fingerprint density at radius 2 is 2.11 bits per heavy atom. The van der Waals surface area contributed by atoms with Gasteiger partial charge in [0.1, 0.15) is 0 Å². The van der Waals surface area contributed by atoms with Gasteiger partial charge in [0.2, 0.25) is 5.91 Å². The van der Waals surface area contributed by atoms with E-state index in [4.69, 9.17) is 16.7 Å². The molecule has 0 aromatic heterocycles. The van der Waals surface area contributed by atoms with E-state index in [0.29, 0.717) is 23.7 Å². The van der Waals surface area contributed by atoms with Gasteiger partial charge in [-0.15, -0.1) is 0 Å². The van der Waals surface area contributed by atoms with Gasteiger partial charge in [-0.1, -0.05) is 11.6 Å². The van der Waals surface area contributed by atoms with Gasteiger partial charge in [-0.2, -0.15) is 0 Å². The van der Waals surface area contributed by atoms with Crippen molar-refractivity contribution >= 4 is 40.8 Å². The van der Waals surface area contributed by atoms with Crippen molar-refractivity contribution in [1.29, 1.82) is 0 Å². The number of halogens is 1. The summed E-state index contributed by atoms with van der Waals surface area (Å²) in [4.78, 5) is 35.0. The molecule has 7 heteroatoms. The number of hydrogen-bond donors (Lipinski definition) is 2. The van der Waals surface area contributed by atoms with Crippen LogP contribution >= 0.6 is 11.6 Å².